The van der Waals surface area contributed by atoms with Gasteiger partial charge in [-0.15, -0.1) is 0 Å². The van der Waals surface area contributed by atoms with E-state index < -0.39 is 10.0 Å². The van der Waals surface area contributed by atoms with E-state index in [-0.39, 0.29) is 5.75 Å². The van der Waals surface area contributed by atoms with E-state index >= 15 is 0 Å². The predicted octanol–water partition coefficient (Wildman–Crippen LogP) is 3.89. The highest BCUT2D eigenvalue weighted by molar-refractivity contribution is 7.92. The van der Waals surface area contributed by atoms with Gasteiger partial charge in [-0.05, 0) is 30.2 Å². The Balaban J connectivity index is 1.93. The third kappa shape index (κ3) is 5.73. The fourth-order valence-corrected chi connectivity index (χ4v) is 3.36. The summed E-state index contributed by atoms with van der Waals surface area (Å²) in [6.45, 7) is 2.52. The van der Waals surface area contributed by atoms with E-state index in [0.29, 0.717) is 23.8 Å². The molecule has 5 nitrogen and oxygen atoms in total. The molecule has 0 spiro atoms. The minimum absolute atomic E-state index is 0.109. The Morgan fingerprint density at radius 1 is 1.17 bits per heavy atom. The van der Waals surface area contributed by atoms with E-state index in [9.17, 15) is 8.42 Å². The van der Waals surface area contributed by atoms with Crippen molar-refractivity contribution in [2.75, 3.05) is 15.8 Å². The Bertz CT molecular complexity index is 733. The number of nitrogens with zero attached hydrogens (tertiary/aromatic N) is 1. The molecule has 0 unspecified atom stereocenters. The lowest BCUT2D eigenvalue weighted by Gasteiger charge is -2.10. The smallest absolute Gasteiger partial charge is 0.233 e. The van der Waals surface area contributed by atoms with Gasteiger partial charge in [0, 0.05) is 11.6 Å². The average molecular weight is 354 g/mol. The number of hydrogen-bond donors (Lipinski definition) is 2. The Hall–Kier alpha value is -1.79. The molecule has 1 heterocycles. The van der Waals surface area contributed by atoms with Crippen molar-refractivity contribution in [3.05, 3.63) is 53.2 Å². The maximum Gasteiger partial charge on any atom is 0.233 e. The zero-order valence-electron chi connectivity index (χ0n) is 12.9. The fourth-order valence-electron chi connectivity index (χ4n) is 1.94. The van der Waals surface area contributed by atoms with Crippen LogP contribution in [0.25, 0.3) is 0 Å². The van der Waals surface area contributed by atoms with Crippen molar-refractivity contribution in [2.24, 2.45) is 0 Å². The first kappa shape index (κ1) is 17.6. The largest absolute Gasteiger partial charge is 0.380 e. The summed E-state index contributed by atoms with van der Waals surface area (Å²) >= 11 is 6.10. The SMILES string of the molecule is CCCCS(=O)(=O)Nc1ccc(NCc2ccccc2Cl)cn1. The summed E-state index contributed by atoms with van der Waals surface area (Å²) in [6, 6.07) is 11.0. The summed E-state index contributed by atoms with van der Waals surface area (Å²) in [7, 11) is -3.32. The van der Waals surface area contributed by atoms with E-state index in [1.54, 1.807) is 18.3 Å². The Morgan fingerprint density at radius 3 is 2.61 bits per heavy atom. The van der Waals surface area contributed by atoms with Crippen molar-refractivity contribution in [1.82, 2.24) is 4.98 Å². The van der Waals surface area contributed by atoms with E-state index in [0.717, 1.165) is 17.7 Å². The molecule has 0 saturated carbocycles. The van der Waals surface area contributed by atoms with Crippen LogP contribution in [0, 0.1) is 0 Å². The molecule has 2 rings (SSSR count). The number of rotatable bonds is 8. The van der Waals surface area contributed by atoms with Gasteiger partial charge in [-0.3, -0.25) is 4.72 Å². The highest BCUT2D eigenvalue weighted by Gasteiger charge is 2.10. The third-order valence-corrected chi connectivity index (χ3v) is 4.95. The lowest BCUT2D eigenvalue weighted by molar-refractivity contribution is 0.597. The Labute approximate surface area is 142 Å². The molecular formula is C16H20ClN3O2S. The van der Waals surface area contributed by atoms with Crippen molar-refractivity contribution in [3.63, 3.8) is 0 Å². The molecule has 0 atom stereocenters. The molecule has 0 radical (unpaired) electrons. The maximum absolute atomic E-state index is 11.8. The molecule has 7 heteroatoms. The second-order valence-electron chi connectivity index (χ2n) is 5.15. The molecule has 0 amide bonds. The fraction of sp³-hybridized carbons (Fsp3) is 0.312. The van der Waals surface area contributed by atoms with Crippen LogP contribution in [0.15, 0.2) is 42.6 Å². The van der Waals surface area contributed by atoms with E-state index in [1.165, 1.54) is 0 Å². The maximum atomic E-state index is 11.8. The van der Waals surface area contributed by atoms with Gasteiger partial charge in [-0.1, -0.05) is 43.1 Å². The van der Waals surface area contributed by atoms with Gasteiger partial charge in [-0.25, -0.2) is 13.4 Å². The minimum Gasteiger partial charge on any atom is -0.380 e. The highest BCUT2D eigenvalue weighted by atomic mass is 35.5. The first-order chi connectivity index (χ1) is 11.0. The van der Waals surface area contributed by atoms with Crippen LogP contribution in [0.4, 0.5) is 11.5 Å². The number of benzene rings is 1. The summed E-state index contributed by atoms with van der Waals surface area (Å²) in [5.74, 6) is 0.432. The number of nitrogens with one attached hydrogen (secondary N) is 2. The second-order valence-corrected chi connectivity index (χ2v) is 7.40. The molecular weight excluding hydrogens is 334 g/mol. The summed E-state index contributed by atoms with van der Waals surface area (Å²) in [6.07, 6.45) is 3.06. The molecule has 124 valence electrons. The van der Waals surface area contributed by atoms with Crippen molar-refractivity contribution in [1.29, 1.82) is 0 Å². The zero-order valence-corrected chi connectivity index (χ0v) is 14.5. The van der Waals surface area contributed by atoms with Crippen LogP contribution in [0.3, 0.4) is 0 Å². The van der Waals surface area contributed by atoms with Gasteiger partial charge >= 0.3 is 0 Å². The van der Waals surface area contributed by atoms with Crippen LogP contribution < -0.4 is 10.0 Å². The lowest BCUT2D eigenvalue weighted by Crippen LogP contribution is -2.17. The molecule has 0 saturated heterocycles. The van der Waals surface area contributed by atoms with Crippen molar-refractivity contribution >= 4 is 33.1 Å². The molecule has 0 bridgehead atoms. The van der Waals surface area contributed by atoms with Gasteiger partial charge in [0.1, 0.15) is 5.82 Å². The lowest BCUT2D eigenvalue weighted by atomic mass is 10.2. The summed E-state index contributed by atoms with van der Waals surface area (Å²) < 4.78 is 26.1. The normalized spacial score (nSPS) is 11.2. The molecule has 0 aliphatic heterocycles. The van der Waals surface area contributed by atoms with Gasteiger partial charge in [0.15, 0.2) is 0 Å². The molecule has 0 fully saturated rings. The first-order valence-electron chi connectivity index (χ1n) is 7.44. The number of unbranched alkanes of at least 4 members (excludes halogenated alkanes) is 1. The van der Waals surface area contributed by atoms with Crippen molar-refractivity contribution in [2.45, 2.75) is 26.3 Å². The molecule has 1 aromatic carbocycles. The van der Waals surface area contributed by atoms with Gasteiger partial charge in [0.05, 0.1) is 17.6 Å². The minimum atomic E-state index is -3.32. The third-order valence-electron chi connectivity index (χ3n) is 3.23. The number of halogens is 1. The number of sulfonamides is 1. The molecule has 0 aliphatic carbocycles. The van der Waals surface area contributed by atoms with E-state index in [1.807, 2.05) is 31.2 Å². The van der Waals surface area contributed by atoms with Gasteiger partial charge in [0.25, 0.3) is 0 Å². The number of pyridine rings is 1. The van der Waals surface area contributed by atoms with Crippen LogP contribution in [0.2, 0.25) is 5.02 Å². The van der Waals surface area contributed by atoms with Crippen LogP contribution in [0.1, 0.15) is 25.3 Å². The average Bonchev–Trinajstić information content (AvgIpc) is 2.53. The highest BCUT2D eigenvalue weighted by Crippen LogP contribution is 2.17. The number of anilines is 2. The Kier molecular flexibility index (Phi) is 6.24. The van der Waals surface area contributed by atoms with Gasteiger partial charge < -0.3 is 5.32 Å². The van der Waals surface area contributed by atoms with Gasteiger partial charge in [0.2, 0.25) is 10.0 Å². The zero-order chi connectivity index (χ0) is 16.7. The number of hydrogen-bond acceptors (Lipinski definition) is 4. The van der Waals surface area contributed by atoms with Crippen LogP contribution in [0.5, 0.6) is 0 Å². The standard InChI is InChI=1S/C16H20ClN3O2S/c1-2-3-10-23(21,22)20-16-9-8-14(12-19-16)18-11-13-6-4-5-7-15(13)17/h4-9,12,18H,2-3,10-11H2,1H3,(H,19,20). The molecule has 0 aliphatic rings. The van der Waals surface area contributed by atoms with Crippen LogP contribution in [-0.4, -0.2) is 19.2 Å². The first-order valence-corrected chi connectivity index (χ1v) is 9.47. The van der Waals surface area contributed by atoms with Crippen LogP contribution >= 0.6 is 11.6 Å². The van der Waals surface area contributed by atoms with Crippen molar-refractivity contribution in [3.8, 4) is 0 Å². The van der Waals surface area contributed by atoms with Crippen LogP contribution in [-0.2, 0) is 16.6 Å². The molecule has 2 N–H and O–H groups in total. The number of aromatic nitrogens is 1. The topological polar surface area (TPSA) is 71.1 Å². The van der Waals surface area contributed by atoms with Gasteiger partial charge in [-0.2, -0.15) is 0 Å². The van der Waals surface area contributed by atoms with E-state index in [2.05, 4.69) is 15.0 Å². The van der Waals surface area contributed by atoms with Crippen molar-refractivity contribution < 1.29 is 8.42 Å². The summed E-state index contributed by atoms with van der Waals surface area (Å²) in [5.41, 5.74) is 1.78. The molecule has 1 aromatic heterocycles. The molecule has 2 aromatic rings. The summed E-state index contributed by atoms with van der Waals surface area (Å²) in [5, 5.41) is 3.90. The quantitative estimate of drug-likeness (QED) is 0.755. The monoisotopic (exact) mass is 353 g/mol. The molecule has 23 heavy (non-hydrogen) atoms. The van der Waals surface area contributed by atoms with E-state index in [4.69, 9.17) is 11.6 Å². The summed E-state index contributed by atoms with van der Waals surface area (Å²) in [4.78, 5) is 4.12. The predicted molar refractivity (Wildman–Crippen MR) is 95.3 cm³/mol. The second kappa shape index (κ2) is 8.17. The Morgan fingerprint density at radius 2 is 1.96 bits per heavy atom.